The molecule has 0 saturated carbocycles. The highest BCUT2D eigenvalue weighted by Gasteiger charge is 2.22. The zero-order valence-corrected chi connectivity index (χ0v) is 11.4. The van der Waals surface area contributed by atoms with Crippen molar-refractivity contribution in [3.05, 3.63) is 65.2 Å². The fourth-order valence-corrected chi connectivity index (χ4v) is 2.56. The van der Waals surface area contributed by atoms with Crippen LogP contribution in [0, 0.1) is 0 Å². The Kier molecular flexibility index (Phi) is 3.30. The van der Waals surface area contributed by atoms with Crippen molar-refractivity contribution in [3.8, 4) is 0 Å². The maximum atomic E-state index is 12.3. The molecule has 0 aliphatic carbocycles. The van der Waals surface area contributed by atoms with Gasteiger partial charge >= 0.3 is 0 Å². The number of amides is 1. The molecule has 19 heavy (non-hydrogen) atoms. The number of rotatable bonds is 2. The lowest BCUT2D eigenvalue weighted by molar-refractivity contribution is -0.131. The standard InChI is InChI=1S/C16H15NOS/c18-16(9-12-5-7-15(19)8-6-12)17-10-13-3-1-2-4-14(13)11-17/h1-8,19H,9-11H2. The van der Waals surface area contributed by atoms with Crippen LogP contribution in [-0.2, 0) is 24.3 Å². The van der Waals surface area contributed by atoms with Gasteiger partial charge in [-0.1, -0.05) is 36.4 Å². The Morgan fingerprint density at radius 3 is 2.16 bits per heavy atom. The molecule has 0 aromatic heterocycles. The van der Waals surface area contributed by atoms with Crippen LogP contribution in [0.5, 0.6) is 0 Å². The molecule has 0 unspecified atom stereocenters. The van der Waals surface area contributed by atoms with Gasteiger partial charge in [0.25, 0.3) is 0 Å². The number of benzene rings is 2. The maximum Gasteiger partial charge on any atom is 0.227 e. The highest BCUT2D eigenvalue weighted by molar-refractivity contribution is 7.80. The highest BCUT2D eigenvalue weighted by atomic mass is 32.1. The average molecular weight is 269 g/mol. The first-order valence-electron chi connectivity index (χ1n) is 6.35. The summed E-state index contributed by atoms with van der Waals surface area (Å²) < 4.78 is 0. The van der Waals surface area contributed by atoms with E-state index in [4.69, 9.17) is 0 Å². The number of nitrogens with zero attached hydrogens (tertiary/aromatic N) is 1. The Bertz CT molecular complexity index is 581. The summed E-state index contributed by atoms with van der Waals surface area (Å²) in [7, 11) is 0. The minimum atomic E-state index is 0.183. The van der Waals surface area contributed by atoms with Crippen molar-refractivity contribution in [2.75, 3.05) is 0 Å². The molecule has 3 heteroatoms. The van der Waals surface area contributed by atoms with Gasteiger partial charge in [-0.15, -0.1) is 12.6 Å². The Morgan fingerprint density at radius 2 is 1.58 bits per heavy atom. The van der Waals surface area contributed by atoms with Crippen molar-refractivity contribution in [1.29, 1.82) is 0 Å². The van der Waals surface area contributed by atoms with Gasteiger partial charge in [-0.2, -0.15) is 0 Å². The smallest absolute Gasteiger partial charge is 0.227 e. The number of fused-ring (bicyclic) bond motifs is 1. The van der Waals surface area contributed by atoms with E-state index in [-0.39, 0.29) is 5.91 Å². The van der Waals surface area contributed by atoms with Crippen LogP contribution >= 0.6 is 12.6 Å². The van der Waals surface area contributed by atoms with Crippen LogP contribution in [0.3, 0.4) is 0 Å². The summed E-state index contributed by atoms with van der Waals surface area (Å²) in [5.74, 6) is 0.183. The monoisotopic (exact) mass is 269 g/mol. The van der Waals surface area contributed by atoms with Gasteiger partial charge in [0.1, 0.15) is 0 Å². The first kappa shape index (κ1) is 12.3. The van der Waals surface area contributed by atoms with E-state index < -0.39 is 0 Å². The van der Waals surface area contributed by atoms with E-state index in [1.165, 1.54) is 11.1 Å². The van der Waals surface area contributed by atoms with Crippen LogP contribution in [0.25, 0.3) is 0 Å². The van der Waals surface area contributed by atoms with E-state index in [2.05, 4.69) is 24.8 Å². The molecular weight excluding hydrogens is 254 g/mol. The van der Waals surface area contributed by atoms with Crippen molar-refractivity contribution in [3.63, 3.8) is 0 Å². The van der Waals surface area contributed by atoms with Crippen LogP contribution in [0.1, 0.15) is 16.7 Å². The molecule has 0 saturated heterocycles. The van der Waals surface area contributed by atoms with E-state index >= 15 is 0 Å². The van der Waals surface area contributed by atoms with Gasteiger partial charge in [-0.3, -0.25) is 4.79 Å². The fraction of sp³-hybridized carbons (Fsp3) is 0.188. The number of thiol groups is 1. The number of hydrogen-bond acceptors (Lipinski definition) is 2. The van der Waals surface area contributed by atoms with E-state index in [1.54, 1.807) is 0 Å². The lowest BCUT2D eigenvalue weighted by Gasteiger charge is -2.15. The van der Waals surface area contributed by atoms with Gasteiger partial charge in [0.05, 0.1) is 6.42 Å². The predicted molar refractivity (Wildman–Crippen MR) is 78.1 cm³/mol. The predicted octanol–water partition coefficient (Wildman–Crippen LogP) is 3.06. The Hall–Kier alpha value is -1.74. The molecular formula is C16H15NOS. The summed E-state index contributed by atoms with van der Waals surface area (Å²) in [6, 6.07) is 16.0. The summed E-state index contributed by atoms with van der Waals surface area (Å²) in [5, 5.41) is 0. The van der Waals surface area contributed by atoms with E-state index in [1.807, 2.05) is 41.3 Å². The molecule has 0 spiro atoms. The largest absolute Gasteiger partial charge is 0.334 e. The van der Waals surface area contributed by atoms with Gasteiger partial charge in [-0.25, -0.2) is 0 Å². The molecule has 2 nitrogen and oxygen atoms in total. The molecule has 96 valence electrons. The maximum absolute atomic E-state index is 12.3. The molecule has 0 N–H and O–H groups in total. The van der Waals surface area contributed by atoms with Crippen molar-refractivity contribution < 1.29 is 4.79 Å². The summed E-state index contributed by atoms with van der Waals surface area (Å²) in [5.41, 5.74) is 3.57. The van der Waals surface area contributed by atoms with Crippen molar-refractivity contribution >= 4 is 18.5 Å². The third-order valence-corrected chi connectivity index (χ3v) is 3.78. The molecule has 0 bridgehead atoms. The van der Waals surface area contributed by atoms with E-state index in [0.29, 0.717) is 6.42 Å². The van der Waals surface area contributed by atoms with Crippen molar-refractivity contribution in [2.45, 2.75) is 24.4 Å². The zero-order chi connectivity index (χ0) is 13.2. The van der Waals surface area contributed by atoms with Gasteiger partial charge in [0.15, 0.2) is 0 Å². The molecule has 1 aliphatic heterocycles. The van der Waals surface area contributed by atoms with E-state index in [0.717, 1.165) is 23.5 Å². The Labute approximate surface area is 118 Å². The Balaban J connectivity index is 1.68. The lowest BCUT2D eigenvalue weighted by atomic mass is 10.1. The minimum absolute atomic E-state index is 0.183. The topological polar surface area (TPSA) is 20.3 Å². The molecule has 1 heterocycles. The molecule has 3 rings (SSSR count). The molecule has 0 fully saturated rings. The molecule has 2 aromatic rings. The minimum Gasteiger partial charge on any atom is -0.334 e. The molecule has 1 amide bonds. The SMILES string of the molecule is O=C(Cc1ccc(S)cc1)N1Cc2ccccc2C1. The number of carbonyl (C=O) groups excluding carboxylic acids is 1. The first-order chi connectivity index (χ1) is 9.22. The first-order valence-corrected chi connectivity index (χ1v) is 6.79. The normalized spacial score (nSPS) is 13.4. The van der Waals surface area contributed by atoms with Crippen molar-refractivity contribution in [1.82, 2.24) is 4.90 Å². The fourth-order valence-electron chi connectivity index (χ4n) is 2.41. The summed E-state index contributed by atoms with van der Waals surface area (Å²) in [6.07, 6.45) is 0.460. The van der Waals surface area contributed by atoms with Gasteiger partial charge < -0.3 is 4.90 Å². The van der Waals surface area contributed by atoms with E-state index in [9.17, 15) is 4.79 Å². The van der Waals surface area contributed by atoms with Gasteiger partial charge in [0.2, 0.25) is 5.91 Å². The zero-order valence-electron chi connectivity index (χ0n) is 10.5. The summed E-state index contributed by atoms with van der Waals surface area (Å²) in [6.45, 7) is 1.47. The van der Waals surface area contributed by atoms with Gasteiger partial charge in [-0.05, 0) is 28.8 Å². The average Bonchev–Trinajstić information content (AvgIpc) is 2.85. The lowest BCUT2D eigenvalue weighted by Crippen LogP contribution is -2.26. The second kappa shape index (κ2) is 5.10. The van der Waals surface area contributed by atoms with Crippen LogP contribution in [0.2, 0.25) is 0 Å². The summed E-state index contributed by atoms with van der Waals surface area (Å²) in [4.78, 5) is 15.1. The second-order valence-electron chi connectivity index (χ2n) is 4.86. The molecule has 0 atom stereocenters. The quantitative estimate of drug-likeness (QED) is 0.831. The third kappa shape index (κ3) is 2.66. The van der Waals surface area contributed by atoms with Crippen LogP contribution in [-0.4, -0.2) is 10.8 Å². The second-order valence-corrected chi connectivity index (χ2v) is 5.38. The van der Waals surface area contributed by atoms with Crippen molar-refractivity contribution in [2.24, 2.45) is 0 Å². The highest BCUT2D eigenvalue weighted by Crippen LogP contribution is 2.23. The number of carbonyl (C=O) groups is 1. The van der Waals surface area contributed by atoms with Crippen LogP contribution < -0.4 is 0 Å². The molecule has 1 aliphatic rings. The van der Waals surface area contributed by atoms with Crippen LogP contribution in [0.15, 0.2) is 53.4 Å². The van der Waals surface area contributed by atoms with Gasteiger partial charge in [0, 0.05) is 18.0 Å². The summed E-state index contributed by atoms with van der Waals surface area (Å²) >= 11 is 4.25. The van der Waals surface area contributed by atoms with Crippen LogP contribution in [0.4, 0.5) is 0 Å². The molecule has 2 aromatic carbocycles. The number of hydrogen-bond donors (Lipinski definition) is 1. The Morgan fingerprint density at radius 1 is 1.00 bits per heavy atom. The molecule has 0 radical (unpaired) electrons. The third-order valence-electron chi connectivity index (χ3n) is 3.49.